The minimum absolute atomic E-state index is 0.279. The van der Waals surface area contributed by atoms with Crippen molar-refractivity contribution in [3.63, 3.8) is 0 Å². The van der Waals surface area contributed by atoms with Crippen molar-refractivity contribution in [2.45, 2.75) is 27.1 Å². The van der Waals surface area contributed by atoms with Gasteiger partial charge in [0, 0.05) is 35.6 Å². The Hall–Kier alpha value is -2.44. The Balaban J connectivity index is 2.22. The Bertz CT molecular complexity index is 901. The van der Waals surface area contributed by atoms with Crippen molar-refractivity contribution < 1.29 is 19.0 Å². The summed E-state index contributed by atoms with van der Waals surface area (Å²) in [4.78, 5) is 19.9. The predicted octanol–water partition coefficient (Wildman–Crippen LogP) is 3.58. The molecule has 0 aliphatic heterocycles. The molecule has 0 saturated heterocycles. The van der Waals surface area contributed by atoms with E-state index in [1.807, 2.05) is 19.1 Å². The molecular weight excluding hydrogens is 320 g/mol. The maximum Gasteiger partial charge on any atom is 0.357 e. The van der Waals surface area contributed by atoms with Crippen LogP contribution < -0.4 is 0 Å². The number of fused-ring (bicyclic) bond motifs is 3. The predicted molar refractivity (Wildman–Crippen MR) is 95.6 cm³/mol. The Morgan fingerprint density at radius 3 is 2.72 bits per heavy atom. The lowest BCUT2D eigenvalue weighted by Gasteiger charge is -2.09. The van der Waals surface area contributed by atoms with Crippen molar-refractivity contribution >= 4 is 27.8 Å². The van der Waals surface area contributed by atoms with E-state index < -0.39 is 5.97 Å². The van der Waals surface area contributed by atoms with Crippen LogP contribution in [-0.4, -0.2) is 36.3 Å². The Kier molecular flexibility index (Phi) is 5.31. The van der Waals surface area contributed by atoms with Gasteiger partial charge in [0.05, 0.1) is 31.5 Å². The summed E-state index contributed by atoms with van der Waals surface area (Å²) >= 11 is 0. The Morgan fingerprint density at radius 2 is 2.00 bits per heavy atom. The highest BCUT2D eigenvalue weighted by atomic mass is 16.5. The van der Waals surface area contributed by atoms with Crippen LogP contribution in [0.2, 0.25) is 0 Å². The zero-order valence-electron chi connectivity index (χ0n) is 14.7. The van der Waals surface area contributed by atoms with Gasteiger partial charge in [0.15, 0.2) is 5.69 Å². The van der Waals surface area contributed by atoms with E-state index >= 15 is 0 Å². The standard InChI is InChI=1S/C19H22N2O4/c1-4-24-10-12-6-7-15-13(8-12)17-14(11-23-3)18(19(22)25-5-2)20-9-16(17)21-15/h6-9,21H,4-5,10-11H2,1-3H3. The molecule has 0 unspecified atom stereocenters. The number of esters is 1. The van der Waals surface area contributed by atoms with Gasteiger partial charge in [0.25, 0.3) is 0 Å². The van der Waals surface area contributed by atoms with Crippen molar-refractivity contribution in [3.05, 3.63) is 41.2 Å². The fourth-order valence-electron chi connectivity index (χ4n) is 2.98. The number of pyridine rings is 1. The highest BCUT2D eigenvalue weighted by molar-refractivity contribution is 6.11. The first-order valence-corrected chi connectivity index (χ1v) is 8.35. The monoisotopic (exact) mass is 342 g/mol. The maximum absolute atomic E-state index is 12.3. The summed E-state index contributed by atoms with van der Waals surface area (Å²) < 4.78 is 16.0. The van der Waals surface area contributed by atoms with Crippen LogP contribution in [0.25, 0.3) is 21.8 Å². The molecule has 0 amide bonds. The fourth-order valence-corrected chi connectivity index (χ4v) is 2.98. The number of carbonyl (C=O) groups is 1. The number of hydrogen-bond donors (Lipinski definition) is 1. The van der Waals surface area contributed by atoms with Crippen LogP contribution in [0.1, 0.15) is 35.5 Å². The number of H-pyrrole nitrogens is 1. The van der Waals surface area contributed by atoms with Crippen molar-refractivity contribution in [1.29, 1.82) is 0 Å². The Labute approximate surface area is 146 Å². The smallest absolute Gasteiger partial charge is 0.357 e. The van der Waals surface area contributed by atoms with E-state index in [2.05, 4.69) is 16.0 Å². The van der Waals surface area contributed by atoms with Gasteiger partial charge >= 0.3 is 5.97 Å². The van der Waals surface area contributed by atoms with Gasteiger partial charge in [0.1, 0.15) is 0 Å². The van der Waals surface area contributed by atoms with E-state index in [0.717, 1.165) is 32.9 Å². The number of nitrogens with one attached hydrogen (secondary N) is 1. The molecule has 25 heavy (non-hydrogen) atoms. The van der Waals surface area contributed by atoms with Crippen LogP contribution in [0, 0.1) is 0 Å². The lowest BCUT2D eigenvalue weighted by molar-refractivity contribution is 0.0514. The number of rotatable bonds is 7. The summed E-state index contributed by atoms with van der Waals surface area (Å²) in [6, 6.07) is 6.13. The first kappa shape index (κ1) is 17.4. The summed E-state index contributed by atoms with van der Waals surface area (Å²) in [5, 5.41) is 1.96. The number of ether oxygens (including phenoxy) is 3. The molecular formula is C19H22N2O4. The fraction of sp³-hybridized carbons (Fsp3) is 0.368. The molecule has 2 aromatic heterocycles. The van der Waals surface area contributed by atoms with Crippen molar-refractivity contribution in [2.24, 2.45) is 0 Å². The van der Waals surface area contributed by atoms with Crippen LogP contribution >= 0.6 is 0 Å². The number of hydrogen-bond acceptors (Lipinski definition) is 5. The van der Waals surface area contributed by atoms with Gasteiger partial charge in [-0.2, -0.15) is 0 Å². The molecule has 6 heteroatoms. The molecule has 0 aliphatic carbocycles. The van der Waals surface area contributed by atoms with E-state index in [4.69, 9.17) is 14.2 Å². The first-order valence-electron chi connectivity index (χ1n) is 8.35. The second kappa shape index (κ2) is 7.63. The normalized spacial score (nSPS) is 11.3. The molecule has 1 N–H and O–H groups in total. The molecule has 0 radical (unpaired) electrons. The summed E-state index contributed by atoms with van der Waals surface area (Å²) in [5.41, 5.74) is 3.96. The van der Waals surface area contributed by atoms with Crippen molar-refractivity contribution in [1.82, 2.24) is 9.97 Å². The third kappa shape index (κ3) is 3.36. The van der Waals surface area contributed by atoms with E-state index in [9.17, 15) is 4.79 Å². The van der Waals surface area contributed by atoms with Gasteiger partial charge in [-0.05, 0) is 31.5 Å². The quantitative estimate of drug-likeness (QED) is 0.664. The van der Waals surface area contributed by atoms with Crippen LogP contribution in [0.15, 0.2) is 24.4 Å². The third-order valence-corrected chi connectivity index (χ3v) is 4.03. The second-order valence-corrected chi connectivity index (χ2v) is 5.67. The van der Waals surface area contributed by atoms with E-state index in [1.165, 1.54) is 0 Å². The maximum atomic E-state index is 12.3. The number of methoxy groups -OCH3 is 1. The second-order valence-electron chi connectivity index (χ2n) is 5.67. The van der Waals surface area contributed by atoms with Crippen LogP contribution in [0.4, 0.5) is 0 Å². The molecule has 0 saturated carbocycles. The molecule has 3 rings (SSSR count). The van der Waals surface area contributed by atoms with Gasteiger partial charge in [-0.3, -0.25) is 0 Å². The lowest BCUT2D eigenvalue weighted by Crippen LogP contribution is -2.11. The molecule has 132 valence electrons. The molecule has 1 aromatic carbocycles. The highest BCUT2D eigenvalue weighted by Gasteiger charge is 2.20. The SMILES string of the molecule is CCOCc1ccc2[nH]c3cnc(C(=O)OCC)c(COC)c3c2c1. The van der Waals surface area contributed by atoms with E-state index in [1.54, 1.807) is 20.2 Å². The molecule has 0 bridgehead atoms. The topological polar surface area (TPSA) is 73.4 Å². The van der Waals surface area contributed by atoms with Gasteiger partial charge in [-0.15, -0.1) is 0 Å². The average molecular weight is 342 g/mol. The zero-order chi connectivity index (χ0) is 17.8. The van der Waals surface area contributed by atoms with Gasteiger partial charge in [-0.25, -0.2) is 9.78 Å². The largest absolute Gasteiger partial charge is 0.461 e. The van der Waals surface area contributed by atoms with Gasteiger partial charge in [0.2, 0.25) is 0 Å². The molecule has 6 nitrogen and oxygen atoms in total. The minimum Gasteiger partial charge on any atom is -0.461 e. The summed E-state index contributed by atoms with van der Waals surface area (Å²) in [6.07, 6.45) is 1.67. The van der Waals surface area contributed by atoms with Crippen LogP contribution in [-0.2, 0) is 27.4 Å². The molecule has 0 spiro atoms. The molecule has 0 aliphatic rings. The number of nitrogens with zero attached hydrogens (tertiary/aromatic N) is 1. The minimum atomic E-state index is -0.434. The van der Waals surface area contributed by atoms with E-state index in [0.29, 0.717) is 25.5 Å². The summed E-state index contributed by atoms with van der Waals surface area (Å²) in [7, 11) is 1.60. The molecule has 0 atom stereocenters. The lowest BCUT2D eigenvalue weighted by atomic mass is 10.0. The summed E-state index contributed by atoms with van der Waals surface area (Å²) in [5.74, 6) is -0.434. The number of carbonyl (C=O) groups excluding carboxylic acids is 1. The number of benzene rings is 1. The highest BCUT2D eigenvalue weighted by Crippen LogP contribution is 2.31. The van der Waals surface area contributed by atoms with Crippen molar-refractivity contribution in [3.8, 4) is 0 Å². The zero-order valence-corrected chi connectivity index (χ0v) is 14.7. The number of aromatic nitrogens is 2. The molecule has 2 heterocycles. The van der Waals surface area contributed by atoms with Gasteiger partial charge in [-0.1, -0.05) is 6.07 Å². The molecule has 3 aromatic rings. The number of aromatic amines is 1. The average Bonchev–Trinajstić information content (AvgIpc) is 2.98. The summed E-state index contributed by atoms with van der Waals surface area (Å²) in [6.45, 7) is 5.54. The first-order chi connectivity index (χ1) is 12.2. The van der Waals surface area contributed by atoms with Gasteiger partial charge < -0.3 is 19.2 Å². The van der Waals surface area contributed by atoms with Crippen LogP contribution in [0.5, 0.6) is 0 Å². The van der Waals surface area contributed by atoms with E-state index in [-0.39, 0.29) is 6.61 Å². The van der Waals surface area contributed by atoms with Crippen molar-refractivity contribution in [2.75, 3.05) is 20.3 Å². The van der Waals surface area contributed by atoms with Crippen LogP contribution in [0.3, 0.4) is 0 Å². The third-order valence-electron chi connectivity index (χ3n) is 4.03. The Morgan fingerprint density at radius 1 is 1.16 bits per heavy atom. The molecule has 0 fully saturated rings.